The molecule has 0 aromatic heterocycles. The number of aliphatic carboxylic acids is 3. The molecule has 2 aliphatic rings. The van der Waals surface area contributed by atoms with Gasteiger partial charge in [0.2, 0.25) is 88.6 Å². The Balaban J connectivity index is 1.35. The molecule has 5 aromatic carbocycles. The van der Waals surface area contributed by atoms with Crippen LogP contribution in [0.25, 0.3) is 10.8 Å². The molecule has 0 fully saturated rings. The van der Waals surface area contributed by atoms with Crippen LogP contribution >= 0.6 is 35.3 Å². The van der Waals surface area contributed by atoms with E-state index < -0.39 is 235 Å². The summed E-state index contributed by atoms with van der Waals surface area (Å²) in [7, 11) is 0. The fraction of sp³-hybridized carbons (Fsp3) is 0.452. The Bertz CT molecular complexity index is 4780. The number of nitrogens with two attached hydrogens (primary N) is 2. The number of primary amides is 2. The Labute approximate surface area is 733 Å². The third kappa shape index (κ3) is 32.4. The highest BCUT2D eigenvalue weighted by Gasteiger charge is 2.41. The summed E-state index contributed by atoms with van der Waals surface area (Å²) in [4.78, 5) is 254. The van der Waals surface area contributed by atoms with Crippen molar-refractivity contribution in [1.82, 2.24) is 74.4 Å². The van der Waals surface area contributed by atoms with Crippen LogP contribution in [0.2, 0.25) is 0 Å². The zero-order chi connectivity index (χ0) is 92.1. The van der Waals surface area contributed by atoms with Gasteiger partial charge >= 0.3 is 17.9 Å². The monoisotopic (exact) mass is 1790 g/mol. The van der Waals surface area contributed by atoms with Crippen LogP contribution in [-0.4, -0.2) is 235 Å². The molecule has 0 spiro atoms. The number of phenols is 1. The summed E-state index contributed by atoms with van der Waals surface area (Å²) in [6.45, 7) is 11.8. The second-order valence-corrected chi connectivity index (χ2v) is 34.8. The summed E-state index contributed by atoms with van der Waals surface area (Å²) in [6, 6.07) is 6.94. The van der Waals surface area contributed by atoms with Crippen molar-refractivity contribution < 1.29 is 107 Å². The Hall–Kier alpha value is -12.4. The average Bonchev–Trinajstić information content (AvgIpc) is 0.840. The molecular formula is C84H108N16O22S3. The Morgan fingerprint density at radius 1 is 0.424 bits per heavy atom. The lowest BCUT2D eigenvalue weighted by Gasteiger charge is -2.33. The molecule has 0 radical (unpaired) electrons. The molecule has 674 valence electrons. The Kier molecular flexibility index (Phi) is 37.9. The minimum absolute atomic E-state index is 0.0347. The lowest BCUT2D eigenvalue weighted by molar-refractivity contribution is -0.142. The number of carboxylic acids is 3. The van der Waals surface area contributed by atoms with Crippen LogP contribution in [-0.2, 0) is 123 Å². The number of carboxylic acid groups (broad SMARTS) is 3. The van der Waals surface area contributed by atoms with Gasteiger partial charge in [0.15, 0.2) is 0 Å². The van der Waals surface area contributed by atoms with Crippen molar-refractivity contribution in [2.24, 2.45) is 16.9 Å². The number of amides is 15. The van der Waals surface area contributed by atoms with E-state index in [1.807, 2.05) is 6.07 Å². The van der Waals surface area contributed by atoms with Crippen LogP contribution < -0.4 is 85.9 Å². The number of hydrogen-bond donors (Lipinski definition) is 20. The number of hydrogen-bond acceptors (Lipinski definition) is 23. The summed E-state index contributed by atoms with van der Waals surface area (Å²) in [5.74, 6) is -21.4. The second-order valence-electron chi connectivity index (χ2n) is 31.7. The largest absolute Gasteiger partial charge is 0.508 e. The van der Waals surface area contributed by atoms with Crippen LogP contribution in [0.3, 0.4) is 0 Å². The van der Waals surface area contributed by atoms with E-state index in [0.717, 1.165) is 30.4 Å². The molecule has 0 aliphatic carbocycles. The molecule has 5 aromatic rings. The first-order chi connectivity index (χ1) is 59.0. The summed E-state index contributed by atoms with van der Waals surface area (Å²) in [6.07, 6.45) is -5.69. The molecule has 2 heterocycles. The lowest BCUT2D eigenvalue weighted by atomic mass is 9.85. The molecule has 14 atom stereocenters. The molecule has 125 heavy (non-hydrogen) atoms. The van der Waals surface area contributed by atoms with Crippen LogP contribution in [0, 0.1) is 5.41 Å². The molecule has 7 rings (SSSR count). The smallest absolute Gasteiger partial charge is 0.305 e. The van der Waals surface area contributed by atoms with E-state index >= 15 is 4.79 Å². The SMILES string of the molecule is CC(C)NC1CSCc2cc3cc(c2)CSCC(NC(=O)C(C)NC(=O)C(Cc2cccc4ccccc24)NC(=O)C(CCC(=O)O)NC(=O)C(CC(N)=O)NC(=O)C(C)NC1=O)C(=O)NC(C)C(=O)NC(CC(=O)O)C(=O)NC(Cc1ccccc1)C(=O)NC(Cc1ccc(O)cc1)C(=O)NC(CC(=O)O)C(=O)NC(C(C)(C)C)C(=O)NC(C(N)=O)CSC3. The predicted octanol–water partition coefficient (Wildman–Crippen LogP) is -1.05. The predicted molar refractivity (Wildman–Crippen MR) is 463 cm³/mol. The normalized spacial score (nSPS) is 24.5. The van der Waals surface area contributed by atoms with Gasteiger partial charge in [-0.25, -0.2) is 0 Å². The van der Waals surface area contributed by atoms with Gasteiger partial charge in [0.25, 0.3) is 0 Å². The van der Waals surface area contributed by atoms with E-state index in [1.54, 1.807) is 120 Å². The fourth-order valence-electron chi connectivity index (χ4n) is 13.3. The maximum atomic E-state index is 15.0. The third-order valence-corrected chi connectivity index (χ3v) is 23.1. The zero-order valence-corrected chi connectivity index (χ0v) is 72.5. The number of fused-ring (bicyclic) bond motifs is 6. The maximum absolute atomic E-state index is 15.0. The van der Waals surface area contributed by atoms with Gasteiger partial charge in [-0.1, -0.05) is 138 Å². The highest BCUT2D eigenvalue weighted by molar-refractivity contribution is 7.99. The second kappa shape index (κ2) is 47.5. The third-order valence-electron chi connectivity index (χ3n) is 19.8. The number of phenolic OH excluding ortho intramolecular Hbond substituents is 1. The summed E-state index contributed by atoms with van der Waals surface area (Å²) in [5, 5.41) is 77.6. The average molecular weight is 1790 g/mol. The topological polar surface area (TPSA) is 609 Å². The van der Waals surface area contributed by atoms with E-state index in [-0.39, 0.29) is 64.7 Å². The summed E-state index contributed by atoms with van der Waals surface area (Å²) >= 11 is 3.47. The van der Waals surface area contributed by atoms with Crippen molar-refractivity contribution in [2.45, 2.75) is 215 Å². The van der Waals surface area contributed by atoms with Crippen LogP contribution in [0.15, 0.2) is 115 Å². The van der Waals surface area contributed by atoms with Gasteiger partial charge < -0.3 is 106 Å². The lowest BCUT2D eigenvalue weighted by Crippen LogP contribution is -2.62. The van der Waals surface area contributed by atoms with Crippen LogP contribution in [0.1, 0.15) is 121 Å². The molecule has 14 unspecified atom stereocenters. The molecule has 41 heteroatoms. The maximum Gasteiger partial charge on any atom is 0.305 e. The summed E-state index contributed by atoms with van der Waals surface area (Å²) in [5.41, 5.74) is 13.3. The molecule has 38 nitrogen and oxygen atoms in total. The Morgan fingerprint density at radius 3 is 1.35 bits per heavy atom. The summed E-state index contributed by atoms with van der Waals surface area (Å²) < 4.78 is 0. The van der Waals surface area contributed by atoms with Crippen LogP contribution in [0.4, 0.5) is 0 Å². The molecule has 22 N–H and O–H groups in total. The van der Waals surface area contributed by atoms with Gasteiger partial charge in [0.05, 0.1) is 25.3 Å². The van der Waals surface area contributed by atoms with Crippen molar-refractivity contribution >= 4 is 153 Å². The van der Waals surface area contributed by atoms with Gasteiger partial charge in [0, 0.05) is 66.2 Å². The number of rotatable bonds is 18. The number of nitrogens with one attached hydrogen (secondary N) is 14. The Morgan fingerprint density at radius 2 is 0.840 bits per heavy atom. The molecule has 0 saturated carbocycles. The number of benzene rings is 5. The highest BCUT2D eigenvalue weighted by Crippen LogP contribution is 2.27. The van der Waals surface area contributed by atoms with Gasteiger partial charge in [-0.2, -0.15) is 35.3 Å². The van der Waals surface area contributed by atoms with E-state index in [9.17, 15) is 102 Å². The van der Waals surface area contributed by atoms with Crippen molar-refractivity contribution in [1.29, 1.82) is 0 Å². The first-order valence-electron chi connectivity index (χ1n) is 40.1. The van der Waals surface area contributed by atoms with Crippen molar-refractivity contribution in [3.63, 3.8) is 0 Å². The first-order valence-corrected chi connectivity index (χ1v) is 43.5. The number of thioether (sulfide) groups is 3. The molecule has 0 saturated heterocycles. The molecule has 15 amide bonds. The first kappa shape index (κ1) is 99.7. The van der Waals surface area contributed by atoms with E-state index in [4.69, 9.17) is 11.5 Å². The minimum atomic E-state index is -2.05. The number of aromatic hydroxyl groups is 1. The number of carbonyl (C=O) groups is 18. The van der Waals surface area contributed by atoms with Gasteiger partial charge in [0.1, 0.15) is 84.3 Å². The van der Waals surface area contributed by atoms with Crippen molar-refractivity contribution in [3.8, 4) is 5.75 Å². The molecule has 2 aliphatic heterocycles. The number of carbonyl (C=O) groups excluding carboxylic acids is 15. The fourth-order valence-corrected chi connectivity index (χ4v) is 16.3. The molecule has 4 bridgehead atoms. The van der Waals surface area contributed by atoms with Gasteiger partial charge in [-0.15, -0.1) is 0 Å². The standard InChI is InChI=1S/C84H108N16O22S3/c1-42(2)87-63-40-124-37-49-27-48-28-50(29-49)38-125-41-64(99-73(112)45(5)88-75(114)58(32-52-19-14-18-51-17-12-13-20-54(51)52)96-74(113)55(25-26-66(103)104)91-78(117)59(33-65(85)102)92-71(110)43(3)89-81(63)120)82(121)90-44(4)72(111)93-60(34-67(105)106)79(118)95-56(30-46-15-10-9-11-16-46)76(115)94-57(31-47-21-23-53(101)24-22-47)77(116)97-61(35-68(107)108)80(119)100-69(84(6,7)8)83(122)98-62(70(86)109)39-123-36-48/h9-24,27-29,42-45,55-64,69,87,101H,25-26,30-41H2,1-8H3,(H2,85,102)(H2,86,109)(H,88,114)(H,89,120)(H,90,121)(H,91,117)(H,92,110)(H,93,111)(H,94,115)(H,95,118)(H,96,113)(H,97,116)(H,98,122)(H,99,112)(H,100,119)(H,103,104)(H,105,106)(H,107,108). The van der Waals surface area contributed by atoms with Gasteiger partial charge in [-0.3, -0.25) is 86.3 Å². The minimum Gasteiger partial charge on any atom is -0.508 e. The van der Waals surface area contributed by atoms with Gasteiger partial charge in [-0.05, 0) is 88.9 Å². The van der Waals surface area contributed by atoms with Crippen molar-refractivity contribution in [3.05, 3.63) is 149 Å². The molecular weight excluding hydrogens is 1680 g/mol. The van der Waals surface area contributed by atoms with Crippen molar-refractivity contribution in [2.75, 3.05) is 17.3 Å². The van der Waals surface area contributed by atoms with Crippen LogP contribution in [0.5, 0.6) is 5.75 Å². The zero-order valence-electron chi connectivity index (χ0n) is 70.0. The highest BCUT2D eigenvalue weighted by atomic mass is 32.2. The van der Waals surface area contributed by atoms with E-state index in [1.165, 1.54) is 49.9 Å². The van der Waals surface area contributed by atoms with E-state index in [2.05, 4.69) is 74.4 Å². The quantitative estimate of drug-likeness (QED) is 0.0498. The van der Waals surface area contributed by atoms with E-state index in [0.29, 0.717) is 38.6 Å².